The van der Waals surface area contributed by atoms with Crippen molar-refractivity contribution in [3.63, 3.8) is 0 Å². The average molecular weight is 443 g/mol. The summed E-state index contributed by atoms with van der Waals surface area (Å²) in [7, 11) is 0. The van der Waals surface area contributed by atoms with Gasteiger partial charge in [0.1, 0.15) is 0 Å². The fraction of sp³-hybridized carbons (Fsp3) is 0.435. The molecule has 1 saturated carbocycles. The summed E-state index contributed by atoms with van der Waals surface area (Å²) in [5, 5.41) is 3.63. The third kappa shape index (κ3) is 5.17. The van der Waals surface area contributed by atoms with Crippen molar-refractivity contribution in [2.75, 3.05) is 26.2 Å². The molecule has 0 bridgehead atoms. The summed E-state index contributed by atoms with van der Waals surface area (Å²) in [6.07, 6.45) is 3.74. The van der Waals surface area contributed by atoms with E-state index >= 15 is 0 Å². The van der Waals surface area contributed by atoms with E-state index in [0.717, 1.165) is 18.4 Å². The van der Waals surface area contributed by atoms with E-state index < -0.39 is 0 Å². The van der Waals surface area contributed by atoms with Gasteiger partial charge in [-0.15, -0.1) is 0 Å². The zero-order chi connectivity index (χ0) is 22.0. The van der Waals surface area contributed by atoms with Crippen LogP contribution in [0.1, 0.15) is 35.7 Å². The fourth-order valence-corrected chi connectivity index (χ4v) is 4.00. The Morgan fingerprint density at radius 1 is 1.10 bits per heavy atom. The molecule has 2 amide bonds. The molecule has 4 rings (SSSR count). The molecule has 31 heavy (non-hydrogen) atoms. The largest absolute Gasteiger partial charge is 0.352 e. The second kappa shape index (κ2) is 9.24. The first kappa shape index (κ1) is 21.6. The van der Waals surface area contributed by atoms with Crippen molar-refractivity contribution in [2.24, 2.45) is 0 Å². The van der Waals surface area contributed by atoms with Crippen molar-refractivity contribution in [3.8, 4) is 0 Å². The summed E-state index contributed by atoms with van der Waals surface area (Å²) >= 11 is 6.22. The van der Waals surface area contributed by atoms with E-state index in [2.05, 4.69) is 10.2 Å². The predicted molar refractivity (Wildman–Crippen MR) is 119 cm³/mol. The highest BCUT2D eigenvalue weighted by atomic mass is 35.5. The molecule has 0 spiro atoms. The van der Waals surface area contributed by atoms with Crippen LogP contribution in [0, 0.1) is 0 Å². The average Bonchev–Trinajstić information content (AvgIpc) is 3.60. The maximum atomic E-state index is 13.0. The molecule has 2 aromatic rings. The third-order valence-electron chi connectivity index (χ3n) is 5.98. The summed E-state index contributed by atoms with van der Waals surface area (Å²) < 4.78 is 1.51. The molecule has 7 nitrogen and oxygen atoms in total. The number of benzene rings is 1. The van der Waals surface area contributed by atoms with E-state index in [0.29, 0.717) is 49.4 Å². The van der Waals surface area contributed by atoms with Crippen LogP contribution in [0.4, 0.5) is 0 Å². The number of amides is 2. The molecule has 0 radical (unpaired) electrons. The second-order valence-electron chi connectivity index (χ2n) is 8.26. The summed E-state index contributed by atoms with van der Waals surface area (Å²) in [4.78, 5) is 41.5. The van der Waals surface area contributed by atoms with Crippen molar-refractivity contribution in [1.29, 1.82) is 0 Å². The van der Waals surface area contributed by atoms with Crippen molar-refractivity contribution in [2.45, 2.75) is 38.4 Å². The Bertz CT molecular complexity index is 1030. The lowest BCUT2D eigenvalue weighted by Gasteiger charge is -2.37. The van der Waals surface area contributed by atoms with E-state index in [-0.39, 0.29) is 23.4 Å². The molecular formula is C23H27ClN4O3. The number of aromatic nitrogens is 1. The van der Waals surface area contributed by atoms with Gasteiger partial charge in [0, 0.05) is 49.5 Å². The van der Waals surface area contributed by atoms with Crippen LogP contribution in [0.5, 0.6) is 0 Å². The number of carbonyl (C=O) groups excluding carboxylic acids is 2. The van der Waals surface area contributed by atoms with Crippen LogP contribution in [0.2, 0.25) is 5.02 Å². The number of hydrogen-bond acceptors (Lipinski definition) is 4. The summed E-state index contributed by atoms with van der Waals surface area (Å²) in [6, 6.07) is 10.5. The van der Waals surface area contributed by atoms with E-state index in [4.69, 9.17) is 11.6 Å². The van der Waals surface area contributed by atoms with Gasteiger partial charge in [-0.2, -0.15) is 0 Å². The first-order chi connectivity index (χ1) is 14.9. The Labute approximate surface area is 186 Å². The first-order valence-corrected chi connectivity index (χ1v) is 11.1. The number of carbonyl (C=O) groups is 2. The zero-order valence-corrected chi connectivity index (χ0v) is 18.3. The smallest absolute Gasteiger partial charge is 0.255 e. The van der Waals surface area contributed by atoms with Crippen molar-refractivity contribution >= 4 is 23.4 Å². The summed E-state index contributed by atoms with van der Waals surface area (Å²) in [6.45, 7) is 4.60. The Balaban J connectivity index is 1.39. The van der Waals surface area contributed by atoms with Crippen LogP contribution >= 0.6 is 11.6 Å². The van der Waals surface area contributed by atoms with Gasteiger partial charge in [-0.3, -0.25) is 19.3 Å². The minimum atomic E-state index is -0.199. The van der Waals surface area contributed by atoms with Gasteiger partial charge in [-0.05, 0) is 37.5 Å². The highest BCUT2D eigenvalue weighted by Gasteiger charge is 2.31. The molecule has 8 heteroatoms. The van der Waals surface area contributed by atoms with Crippen molar-refractivity contribution in [1.82, 2.24) is 19.7 Å². The van der Waals surface area contributed by atoms with Gasteiger partial charge in [-0.1, -0.05) is 29.8 Å². The lowest BCUT2D eigenvalue weighted by atomic mass is 10.1. The molecule has 2 fully saturated rings. The maximum Gasteiger partial charge on any atom is 0.255 e. The molecule has 1 aliphatic carbocycles. The standard InChI is InChI=1S/C23H27ClN4O3/c1-16(22(30)25-19-7-8-19)26-10-12-27(13-11-26)23(31)18-6-9-21(29)28(15-18)14-17-4-2-3-5-20(17)24/h2-6,9,15-16,19H,7-8,10-14H2,1H3,(H,25,30). The van der Waals surface area contributed by atoms with Crippen molar-refractivity contribution < 1.29 is 9.59 Å². The van der Waals surface area contributed by atoms with Gasteiger partial charge in [0.2, 0.25) is 5.91 Å². The Kier molecular flexibility index (Phi) is 6.43. The third-order valence-corrected chi connectivity index (χ3v) is 6.35. The zero-order valence-electron chi connectivity index (χ0n) is 17.6. The van der Waals surface area contributed by atoms with Crippen LogP contribution in [-0.2, 0) is 11.3 Å². The molecule has 1 unspecified atom stereocenters. The minimum absolute atomic E-state index is 0.0638. The van der Waals surface area contributed by atoms with Crippen LogP contribution in [-0.4, -0.2) is 64.4 Å². The molecule has 1 saturated heterocycles. The van der Waals surface area contributed by atoms with Crippen molar-refractivity contribution in [3.05, 3.63) is 69.1 Å². The number of pyridine rings is 1. The van der Waals surface area contributed by atoms with Crippen LogP contribution in [0.3, 0.4) is 0 Å². The van der Waals surface area contributed by atoms with E-state index in [9.17, 15) is 14.4 Å². The Morgan fingerprint density at radius 2 is 1.81 bits per heavy atom. The highest BCUT2D eigenvalue weighted by molar-refractivity contribution is 6.31. The highest BCUT2D eigenvalue weighted by Crippen LogP contribution is 2.20. The lowest BCUT2D eigenvalue weighted by molar-refractivity contribution is -0.126. The van der Waals surface area contributed by atoms with Gasteiger partial charge >= 0.3 is 0 Å². The quantitative estimate of drug-likeness (QED) is 0.742. The summed E-state index contributed by atoms with van der Waals surface area (Å²) in [5.41, 5.74) is 1.11. The molecule has 1 aromatic carbocycles. The molecular weight excluding hydrogens is 416 g/mol. The Hall–Kier alpha value is -2.64. The minimum Gasteiger partial charge on any atom is -0.352 e. The lowest BCUT2D eigenvalue weighted by Crippen LogP contribution is -2.55. The molecule has 164 valence electrons. The van der Waals surface area contributed by atoms with Crippen LogP contribution in [0.25, 0.3) is 0 Å². The predicted octanol–water partition coefficient (Wildman–Crippen LogP) is 1.97. The van der Waals surface area contributed by atoms with Gasteiger partial charge in [0.25, 0.3) is 11.5 Å². The first-order valence-electron chi connectivity index (χ1n) is 10.7. The topological polar surface area (TPSA) is 74.7 Å². The monoisotopic (exact) mass is 442 g/mol. The van der Waals surface area contributed by atoms with Crippen LogP contribution in [0.15, 0.2) is 47.4 Å². The van der Waals surface area contributed by atoms with E-state index in [1.807, 2.05) is 25.1 Å². The number of piperazine rings is 1. The molecule has 2 heterocycles. The van der Waals surface area contributed by atoms with Gasteiger partial charge in [0.05, 0.1) is 18.2 Å². The number of nitrogens with zero attached hydrogens (tertiary/aromatic N) is 3. The molecule has 1 aliphatic heterocycles. The van der Waals surface area contributed by atoms with E-state index in [1.165, 1.54) is 10.6 Å². The number of rotatable bonds is 6. The van der Waals surface area contributed by atoms with Gasteiger partial charge in [-0.25, -0.2) is 0 Å². The number of nitrogens with one attached hydrogen (secondary N) is 1. The van der Waals surface area contributed by atoms with Gasteiger partial charge in [0.15, 0.2) is 0 Å². The number of halogens is 1. The molecule has 1 aromatic heterocycles. The SMILES string of the molecule is CC(C(=O)NC1CC1)N1CCN(C(=O)c2ccc(=O)n(Cc3ccccc3Cl)c2)CC1. The number of hydrogen-bond donors (Lipinski definition) is 1. The fourth-order valence-electron chi connectivity index (χ4n) is 3.80. The van der Waals surface area contributed by atoms with Gasteiger partial charge < -0.3 is 14.8 Å². The maximum absolute atomic E-state index is 13.0. The molecule has 2 aliphatic rings. The normalized spacial score (nSPS) is 17.9. The summed E-state index contributed by atoms with van der Waals surface area (Å²) in [5.74, 6) is -0.0448. The molecule has 1 N–H and O–H groups in total. The Morgan fingerprint density at radius 3 is 2.48 bits per heavy atom. The second-order valence-corrected chi connectivity index (χ2v) is 8.67. The van der Waals surface area contributed by atoms with E-state index in [1.54, 1.807) is 23.2 Å². The molecule has 1 atom stereocenters. The van der Waals surface area contributed by atoms with Crippen LogP contribution < -0.4 is 10.9 Å².